The van der Waals surface area contributed by atoms with E-state index in [1.165, 1.54) is 0 Å². The molecule has 7 heteroatoms. The minimum Gasteiger partial charge on any atom is -0.339 e. The van der Waals surface area contributed by atoms with Crippen molar-refractivity contribution in [2.45, 2.75) is 32.6 Å². The van der Waals surface area contributed by atoms with Crippen molar-refractivity contribution in [2.75, 3.05) is 18.4 Å². The van der Waals surface area contributed by atoms with Gasteiger partial charge < -0.3 is 4.90 Å². The molecule has 2 aromatic heterocycles. The van der Waals surface area contributed by atoms with Crippen molar-refractivity contribution < 1.29 is 9.59 Å². The number of nitrogens with zero attached hydrogens (tertiary/aromatic N) is 4. The van der Waals surface area contributed by atoms with Gasteiger partial charge >= 0.3 is 0 Å². The van der Waals surface area contributed by atoms with Crippen molar-refractivity contribution in [1.29, 1.82) is 0 Å². The molecule has 1 aliphatic carbocycles. The summed E-state index contributed by atoms with van der Waals surface area (Å²) >= 11 is 0. The van der Waals surface area contributed by atoms with E-state index in [1.807, 2.05) is 47.4 Å². The quantitative estimate of drug-likeness (QED) is 0.722. The number of carbonyl (C=O) groups is 2. The van der Waals surface area contributed by atoms with Gasteiger partial charge in [-0.25, -0.2) is 4.52 Å². The first kappa shape index (κ1) is 18.8. The molecule has 1 N–H and O–H groups in total. The van der Waals surface area contributed by atoms with Crippen LogP contribution in [0.4, 0.5) is 5.95 Å². The second-order valence-electron chi connectivity index (χ2n) is 8.43. The van der Waals surface area contributed by atoms with Crippen molar-refractivity contribution in [3.8, 4) is 11.3 Å². The molecule has 0 radical (unpaired) electrons. The molecule has 154 valence electrons. The molecule has 2 fully saturated rings. The first-order valence-electron chi connectivity index (χ1n) is 10.6. The summed E-state index contributed by atoms with van der Waals surface area (Å²) in [7, 11) is 0. The zero-order chi connectivity index (χ0) is 20.7. The highest BCUT2D eigenvalue weighted by Crippen LogP contribution is 2.30. The van der Waals surface area contributed by atoms with E-state index in [1.54, 1.807) is 4.52 Å². The molecule has 1 aliphatic heterocycles. The Labute approximate surface area is 175 Å². The lowest BCUT2D eigenvalue weighted by Crippen LogP contribution is -2.37. The summed E-state index contributed by atoms with van der Waals surface area (Å²) in [5.74, 6) is 1.20. The van der Waals surface area contributed by atoms with E-state index in [4.69, 9.17) is 0 Å². The van der Waals surface area contributed by atoms with Crippen LogP contribution in [0.1, 0.15) is 43.0 Å². The number of piperidine rings is 1. The molecule has 2 amide bonds. The molecule has 0 unspecified atom stereocenters. The van der Waals surface area contributed by atoms with E-state index < -0.39 is 0 Å². The van der Waals surface area contributed by atoms with Gasteiger partial charge in [0.15, 0.2) is 5.65 Å². The second kappa shape index (κ2) is 7.55. The first-order chi connectivity index (χ1) is 14.6. The predicted octanol–water partition coefficient (Wildman–Crippen LogP) is 3.62. The van der Waals surface area contributed by atoms with E-state index in [-0.39, 0.29) is 17.7 Å². The number of carbonyl (C=O) groups excluding carboxylic acids is 2. The fourth-order valence-electron chi connectivity index (χ4n) is 3.91. The van der Waals surface area contributed by atoms with Gasteiger partial charge in [-0.3, -0.25) is 14.9 Å². The average Bonchev–Trinajstić information content (AvgIpc) is 3.54. The Hall–Kier alpha value is -3.22. The van der Waals surface area contributed by atoms with Crippen LogP contribution >= 0.6 is 0 Å². The number of fused-ring (bicyclic) bond motifs is 1. The van der Waals surface area contributed by atoms with E-state index in [0.717, 1.165) is 50.0 Å². The molecular formula is C23H25N5O2. The zero-order valence-electron chi connectivity index (χ0n) is 17.0. The van der Waals surface area contributed by atoms with Gasteiger partial charge in [0.05, 0.1) is 5.69 Å². The largest absolute Gasteiger partial charge is 0.339 e. The van der Waals surface area contributed by atoms with E-state index in [9.17, 15) is 9.59 Å². The highest BCUT2D eigenvalue weighted by molar-refractivity contribution is 5.95. The third kappa shape index (κ3) is 3.67. The van der Waals surface area contributed by atoms with Gasteiger partial charge in [-0.1, -0.05) is 25.1 Å². The molecular weight excluding hydrogens is 378 g/mol. The summed E-state index contributed by atoms with van der Waals surface area (Å²) in [6, 6.07) is 13.4. The molecule has 7 nitrogen and oxygen atoms in total. The van der Waals surface area contributed by atoms with Crippen LogP contribution in [-0.4, -0.2) is 44.4 Å². The smallest absolute Gasteiger partial charge is 0.253 e. The summed E-state index contributed by atoms with van der Waals surface area (Å²) in [6.45, 7) is 3.90. The highest BCUT2D eigenvalue weighted by Gasteiger charge is 2.30. The minimum absolute atomic E-state index is 0.0116. The Morgan fingerprint density at radius 1 is 1.00 bits per heavy atom. The van der Waals surface area contributed by atoms with Gasteiger partial charge in [0, 0.05) is 30.1 Å². The van der Waals surface area contributed by atoms with Crippen LogP contribution in [0.2, 0.25) is 0 Å². The topological polar surface area (TPSA) is 79.6 Å². The van der Waals surface area contributed by atoms with Crippen molar-refractivity contribution in [3.05, 3.63) is 48.0 Å². The number of benzene rings is 1. The molecule has 3 aromatic rings. The normalized spacial score (nSPS) is 17.3. The third-order valence-electron chi connectivity index (χ3n) is 6.04. The average molecular weight is 403 g/mol. The van der Waals surface area contributed by atoms with Gasteiger partial charge in [0.1, 0.15) is 0 Å². The van der Waals surface area contributed by atoms with Gasteiger partial charge in [-0.05, 0) is 55.9 Å². The van der Waals surface area contributed by atoms with Gasteiger partial charge in [-0.15, -0.1) is 5.10 Å². The van der Waals surface area contributed by atoms with Crippen LogP contribution in [0, 0.1) is 11.8 Å². The summed E-state index contributed by atoms with van der Waals surface area (Å²) < 4.78 is 1.73. The number of aromatic nitrogens is 3. The van der Waals surface area contributed by atoms with E-state index in [0.29, 0.717) is 23.1 Å². The number of anilines is 1. The molecule has 5 rings (SSSR count). The van der Waals surface area contributed by atoms with Crippen LogP contribution < -0.4 is 5.32 Å². The maximum atomic E-state index is 12.8. The number of nitrogens with one attached hydrogen (secondary N) is 1. The number of amides is 2. The van der Waals surface area contributed by atoms with E-state index in [2.05, 4.69) is 22.3 Å². The second-order valence-corrected chi connectivity index (χ2v) is 8.43. The highest BCUT2D eigenvalue weighted by atomic mass is 16.2. The summed E-state index contributed by atoms with van der Waals surface area (Å²) in [5, 5.41) is 7.28. The number of hydrogen-bond acceptors (Lipinski definition) is 4. The number of pyridine rings is 1. The molecule has 3 heterocycles. The Morgan fingerprint density at radius 3 is 2.43 bits per heavy atom. The van der Waals surface area contributed by atoms with Gasteiger partial charge in [0.25, 0.3) is 5.91 Å². The SMILES string of the molecule is CC1CCN(C(=O)c2ccc(-c3cccc4nc(NC(=O)C5CC5)nn34)cc2)CC1. The molecule has 0 atom stereocenters. The van der Waals surface area contributed by atoms with Gasteiger partial charge in [-0.2, -0.15) is 4.98 Å². The number of likely N-dealkylation sites (tertiary alicyclic amines) is 1. The van der Waals surface area contributed by atoms with Crippen LogP contribution in [0.15, 0.2) is 42.5 Å². The maximum absolute atomic E-state index is 12.8. The van der Waals surface area contributed by atoms with Crippen LogP contribution in [0.25, 0.3) is 16.9 Å². The predicted molar refractivity (Wildman–Crippen MR) is 114 cm³/mol. The molecule has 0 spiro atoms. The summed E-state index contributed by atoms with van der Waals surface area (Å²) in [6.07, 6.45) is 4.01. The monoisotopic (exact) mass is 403 g/mol. The summed E-state index contributed by atoms with van der Waals surface area (Å²) in [4.78, 5) is 31.2. The fraction of sp³-hybridized carbons (Fsp3) is 0.391. The lowest BCUT2D eigenvalue weighted by Gasteiger charge is -2.30. The van der Waals surface area contributed by atoms with Crippen LogP contribution in [-0.2, 0) is 4.79 Å². The molecule has 30 heavy (non-hydrogen) atoms. The Kier molecular flexibility index (Phi) is 4.73. The maximum Gasteiger partial charge on any atom is 0.253 e. The van der Waals surface area contributed by atoms with Crippen LogP contribution in [0.3, 0.4) is 0 Å². The van der Waals surface area contributed by atoms with Crippen LogP contribution in [0.5, 0.6) is 0 Å². The molecule has 1 aromatic carbocycles. The van der Waals surface area contributed by atoms with Crippen molar-refractivity contribution in [1.82, 2.24) is 19.5 Å². The Balaban J connectivity index is 1.37. The van der Waals surface area contributed by atoms with Crippen molar-refractivity contribution in [2.24, 2.45) is 11.8 Å². The number of hydrogen-bond donors (Lipinski definition) is 1. The molecule has 2 aliphatic rings. The standard InChI is InChI=1S/C23H25N5O2/c1-15-11-13-27(14-12-15)22(30)18-9-5-16(6-10-18)19-3-2-4-20-24-23(26-28(19)20)25-21(29)17-7-8-17/h2-6,9-10,15,17H,7-8,11-14H2,1H3,(H,25,26,29). The third-order valence-corrected chi connectivity index (χ3v) is 6.04. The zero-order valence-corrected chi connectivity index (χ0v) is 17.0. The van der Waals surface area contributed by atoms with Gasteiger partial charge in [0.2, 0.25) is 11.9 Å². The minimum atomic E-state index is -0.0116. The molecule has 1 saturated heterocycles. The molecule has 1 saturated carbocycles. The molecule has 0 bridgehead atoms. The fourth-order valence-corrected chi connectivity index (χ4v) is 3.91. The summed E-state index contributed by atoms with van der Waals surface area (Å²) in [5.41, 5.74) is 3.17. The Morgan fingerprint density at radius 2 is 1.73 bits per heavy atom. The van der Waals surface area contributed by atoms with Crippen molar-refractivity contribution >= 4 is 23.4 Å². The van der Waals surface area contributed by atoms with Crippen molar-refractivity contribution in [3.63, 3.8) is 0 Å². The van der Waals surface area contributed by atoms with E-state index >= 15 is 0 Å². The lowest BCUT2D eigenvalue weighted by atomic mass is 9.98. The first-order valence-corrected chi connectivity index (χ1v) is 10.6. The lowest BCUT2D eigenvalue weighted by molar-refractivity contribution is -0.117. The number of rotatable bonds is 4. The Bertz CT molecular complexity index is 1090.